The van der Waals surface area contributed by atoms with Gasteiger partial charge in [0.2, 0.25) is 5.12 Å². The number of hydrogen-bond acceptors (Lipinski definition) is 6. The summed E-state index contributed by atoms with van der Waals surface area (Å²) in [7, 11) is 0. The molecule has 0 aliphatic heterocycles. The Bertz CT molecular complexity index is 196. The van der Waals surface area contributed by atoms with Crippen molar-refractivity contribution in [3.05, 3.63) is 0 Å². The summed E-state index contributed by atoms with van der Waals surface area (Å²) in [6.07, 6.45) is -7.66. The minimum atomic E-state index is -1.94. The first-order chi connectivity index (χ1) is 5.91. The summed E-state index contributed by atoms with van der Waals surface area (Å²) in [5, 5.41) is 34.4. The molecular weight excluding hydrogens is 200 g/mol. The molecule has 4 N–H and O–H groups in total. The highest BCUT2D eigenvalue weighted by atomic mass is 32.1. The lowest BCUT2D eigenvalue weighted by atomic mass is 10.0. The van der Waals surface area contributed by atoms with E-state index in [-0.39, 0.29) is 6.29 Å². The van der Waals surface area contributed by atoms with Gasteiger partial charge < -0.3 is 25.2 Å². The van der Waals surface area contributed by atoms with Crippen molar-refractivity contribution >= 4 is 24.0 Å². The molecule has 0 spiro atoms. The van der Waals surface area contributed by atoms with E-state index in [0.29, 0.717) is 0 Å². The van der Waals surface area contributed by atoms with Gasteiger partial charge in [0.1, 0.15) is 18.3 Å². The van der Waals surface area contributed by atoms with E-state index in [1.54, 1.807) is 0 Å². The molecule has 0 saturated carbocycles. The smallest absolute Gasteiger partial charge is 0.217 e. The van der Waals surface area contributed by atoms with Gasteiger partial charge in [-0.2, -0.15) is 0 Å². The van der Waals surface area contributed by atoms with Crippen molar-refractivity contribution in [1.82, 2.24) is 0 Å². The lowest BCUT2D eigenvalue weighted by Gasteiger charge is -2.21. The average molecular weight is 210 g/mol. The molecule has 0 aromatic carbocycles. The van der Waals surface area contributed by atoms with Crippen molar-refractivity contribution < 1.29 is 30.0 Å². The summed E-state index contributed by atoms with van der Waals surface area (Å²) in [5.74, 6) is 0. The van der Waals surface area contributed by atoms with E-state index in [1.807, 2.05) is 0 Å². The summed E-state index contributed by atoms with van der Waals surface area (Å²) in [5.41, 5.74) is 0. The molecule has 76 valence electrons. The zero-order chi connectivity index (χ0) is 10.6. The highest BCUT2D eigenvalue weighted by Gasteiger charge is 2.32. The number of aliphatic hydroxyl groups is 4. The van der Waals surface area contributed by atoms with Crippen LogP contribution in [0.25, 0.3) is 0 Å². The van der Waals surface area contributed by atoms with Gasteiger partial charge in [0.15, 0.2) is 12.4 Å². The third-order valence-corrected chi connectivity index (χ3v) is 1.68. The largest absolute Gasteiger partial charge is 0.387 e. The van der Waals surface area contributed by atoms with Crippen LogP contribution in [0.15, 0.2) is 0 Å². The van der Waals surface area contributed by atoms with Gasteiger partial charge in [-0.25, -0.2) is 0 Å². The van der Waals surface area contributed by atoms with Crippen molar-refractivity contribution in [2.24, 2.45) is 0 Å². The van der Waals surface area contributed by atoms with Crippen LogP contribution in [0.1, 0.15) is 0 Å². The fourth-order valence-corrected chi connectivity index (χ4v) is 0.768. The number of carbonyl (C=O) groups excluding carboxylic acids is 2. The quantitative estimate of drug-likeness (QED) is 0.245. The van der Waals surface area contributed by atoms with Gasteiger partial charge in [0.05, 0.1) is 0 Å². The molecule has 0 radical (unpaired) electrons. The summed E-state index contributed by atoms with van der Waals surface area (Å²) >= 11 is 3.19. The Balaban J connectivity index is 4.32. The summed E-state index contributed by atoms with van der Waals surface area (Å²) in [4.78, 5) is 20.3. The van der Waals surface area contributed by atoms with Crippen LogP contribution >= 0.6 is 12.6 Å². The van der Waals surface area contributed by atoms with Crippen LogP contribution in [-0.2, 0) is 9.59 Å². The number of hydrogen-bond donors (Lipinski definition) is 5. The molecule has 0 unspecified atom stereocenters. The lowest BCUT2D eigenvalue weighted by Crippen LogP contribution is -2.47. The number of thiol groups is 1. The molecule has 0 rings (SSSR count). The van der Waals surface area contributed by atoms with Crippen LogP contribution < -0.4 is 0 Å². The van der Waals surface area contributed by atoms with Gasteiger partial charge in [0.25, 0.3) is 0 Å². The van der Waals surface area contributed by atoms with Crippen LogP contribution in [0, 0.1) is 0 Å². The Morgan fingerprint density at radius 2 is 1.62 bits per heavy atom. The van der Waals surface area contributed by atoms with E-state index in [0.717, 1.165) is 0 Å². The predicted molar refractivity (Wildman–Crippen MR) is 44.1 cm³/mol. The maximum Gasteiger partial charge on any atom is 0.217 e. The molecule has 7 heteroatoms. The maximum atomic E-state index is 10.4. The first kappa shape index (κ1) is 12.5. The van der Waals surface area contributed by atoms with E-state index in [9.17, 15) is 9.59 Å². The fourth-order valence-electron chi connectivity index (χ4n) is 0.615. The molecule has 0 saturated heterocycles. The topological polar surface area (TPSA) is 115 Å². The minimum absolute atomic E-state index is 0.0242. The average Bonchev–Trinajstić information content (AvgIpc) is 2.12. The van der Waals surface area contributed by atoms with Gasteiger partial charge in [-0.3, -0.25) is 4.79 Å². The fraction of sp³-hybridized carbons (Fsp3) is 0.667. The zero-order valence-electron chi connectivity index (χ0n) is 6.44. The maximum absolute atomic E-state index is 10.4. The third kappa shape index (κ3) is 3.41. The van der Waals surface area contributed by atoms with Crippen LogP contribution in [-0.4, -0.2) is 56.2 Å². The summed E-state index contributed by atoms with van der Waals surface area (Å²) in [6, 6.07) is 0. The normalized spacial score (nSPS) is 20.1. The van der Waals surface area contributed by atoms with Gasteiger partial charge in [-0.1, -0.05) is 0 Å². The van der Waals surface area contributed by atoms with Crippen LogP contribution in [0.3, 0.4) is 0 Å². The number of aldehydes is 1. The van der Waals surface area contributed by atoms with E-state index in [4.69, 9.17) is 20.4 Å². The molecule has 6 nitrogen and oxygen atoms in total. The third-order valence-electron chi connectivity index (χ3n) is 1.42. The summed E-state index contributed by atoms with van der Waals surface area (Å²) in [6.45, 7) is 0. The van der Waals surface area contributed by atoms with E-state index in [1.165, 1.54) is 0 Å². The second-order valence-corrected chi connectivity index (χ2v) is 2.83. The highest BCUT2D eigenvalue weighted by molar-refractivity contribution is 7.96. The van der Waals surface area contributed by atoms with Crippen LogP contribution in [0.5, 0.6) is 0 Å². The Kier molecular flexibility index (Phi) is 5.11. The zero-order valence-corrected chi connectivity index (χ0v) is 7.33. The molecule has 0 aliphatic rings. The molecular formula is C6H10O6S. The molecule has 0 aromatic heterocycles. The molecule has 4 atom stereocenters. The van der Waals surface area contributed by atoms with Crippen molar-refractivity contribution in [3.8, 4) is 0 Å². The van der Waals surface area contributed by atoms with Gasteiger partial charge >= 0.3 is 0 Å². The van der Waals surface area contributed by atoms with Crippen molar-refractivity contribution in [2.45, 2.75) is 24.4 Å². The molecule has 0 amide bonds. The first-order valence-corrected chi connectivity index (χ1v) is 3.77. The molecule has 13 heavy (non-hydrogen) atoms. The molecule has 0 bridgehead atoms. The Labute approximate surface area is 79.2 Å². The number of rotatable bonds is 5. The summed E-state index contributed by atoms with van der Waals surface area (Å²) < 4.78 is 0. The standard InChI is InChI=1S/C6H10O6S/c7-1-2(8)3(9)4(10)5(11)6(12)13/h1-5,8-11H,(H,12,13)/t2-,3-,4-,5+/m1/s1. The van der Waals surface area contributed by atoms with Crippen molar-refractivity contribution in [2.75, 3.05) is 0 Å². The molecule has 0 aliphatic carbocycles. The second kappa shape index (κ2) is 5.30. The SMILES string of the molecule is O=C[C@@H](O)[C@@H](O)[C@@H](O)[C@H](O)C(=O)S. The Morgan fingerprint density at radius 1 is 1.15 bits per heavy atom. The van der Waals surface area contributed by atoms with E-state index in [2.05, 4.69) is 12.6 Å². The van der Waals surface area contributed by atoms with Gasteiger partial charge in [-0.15, -0.1) is 12.6 Å². The number of aliphatic hydroxyl groups excluding tert-OH is 4. The monoisotopic (exact) mass is 210 g/mol. The van der Waals surface area contributed by atoms with Gasteiger partial charge in [-0.05, 0) is 0 Å². The Hall–Kier alpha value is -0.470. The number of carbonyl (C=O) groups is 2. The minimum Gasteiger partial charge on any atom is -0.387 e. The van der Waals surface area contributed by atoms with Crippen LogP contribution in [0.2, 0.25) is 0 Å². The van der Waals surface area contributed by atoms with Gasteiger partial charge in [0, 0.05) is 0 Å². The van der Waals surface area contributed by atoms with Crippen LogP contribution in [0.4, 0.5) is 0 Å². The van der Waals surface area contributed by atoms with Crippen molar-refractivity contribution in [1.29, 1.82) is 0 Å². The van der Waals surface area contributed by atoms with Crippen molar-refractivity contribution in [3.63, 3.8) is 0 Å². The van der Waals surface area contributed by atoms with E-state index < -0.39 is 29.5 Å². The lowest BCUT2D eigenvalue weighted by molar-refractivity contribution is -0.142. The highest BCUT2D eigenvalue weighted by Crippen LogP contribution is 2.06. The molecule has 0 heterocycles. The molecule has 0 aromatic rings. The molecule has 0 fully saturated rings. The second-order valence-electron chi connectivity index (χ2n) is 2.39. The van der Waals surface area contributed by atoms with E-state index >= 15 is 0 Å². The Morgan fingerprint density at radius 3 is 1.92 bits per heavy atom. The first-order valence-electron chi connectivity index (χ1n) is 3.32. The predicted octanol–water partition coefficient (Wildman–Crippen LogP) is -2.91.